The summed E-state index contributed by atoms with van der Waals surface area (Å²) in [6.07, 6.45) is 0.0630. The monoisotopic (exact) mass is 474 g/mol. The first-order valence-corrected chi connectivity index (χ1v) is 10.7. The molecule has 12 heteroatoms. The van der Waals surface area contributed by atoms with Crippen LogP contribution >= 0.6 is 0 Å². The predicted molar refractivity (Wildman–Crippen MR) is 120 cm³/mol. The quantitative estimate of drug-likeness (QED) is 0.564. The minimum atomic E-state index is -4.42. The van der Waals surface area contributed by atoms with Gasteiger partial charge in [0.2, 0.25) is 11.9 Å². The van der Waals surface area contributed by atoms with Crippen LogP contribution in [0, 0.1) is 12.8 Å². The fraction of sp³-hybridized carbons (Fsp3) is 0.409. The van der Waals surface area contributed by atoms with Gasteiger partial charge in [-0.2, -0.15) is 23.3 Å². The van der Waals surface area contributed by atoms with Gasteiger partial charge in [0.1, 0.15) is 11.7 Å². The molecular formula is C22H25F3N8O. The number of carbonyl (C=O) groups excluding carboxylic acids is 1. The zero-order valence-corrected chi connectivity index (χ0v) is 19.2. The van der Waals surface area contributed by atoms with E-state index in [1.807, 2.05) is 25.8 Å². The Morgan fingerprint density at radius 2 is 2.03 bits per heavy atom. The summed E-state index contributed by atoms with van der Waals surface area (Å²) in [5.41, 5.74) is 1.55. The first kappa shape index (κ1) is 23.5. The number of pyridine rings is 1. The van der Waals surface area contributed by atoms with Crippen molar-refractivity contribution in [1.29, 1.82) is 0 Å². The van der Waals surface area contributed by atoms with Crippen molar-refractivity contribution in [3.05, 3.63) is 53.2 Å². The van der Waals surface area contributed by atoms with E-state index in [2.05, 4.69) is 30.7 Å². The van der Waals surface area contributed by atoms with E-state index in [-0.39, 0.29) is 30.1 Å². The lowest BCUT2D eigenvalue weighted by atomic mass is 9.99. The van der Waals surface area contributed by atoms with Crippen LogP contribution in [0.15, 0.2) is 30.7 Å². The van der Waals surface area contributed by atoms with Crippen molar-refractivity contribution in [1.82, 2.24) is 24.7 Å². The normalized spacial score (nSPS) is 15.9. The number of rotatable bonds is 6. The highest BCUT2D eigenvalue weighted by Gasteiger charge is 2.35. The average molecular weight is 474 g/mol. The van der Waals surface area contributed by atoms with Crippen molar-refractivity contribution in [2.24, 2.45) is 5.92 Å². The molecule has 180 valence electrons. The van der Waals surface area contributed by atoms with Crippen LogP contribution in [0.25, 0.3) is 0 Å². The molecule has 0 saturated heterocycles. The van der Waals surface area contributed by atoms with E-state index in [1.54, 1.807) is 19.3 Å². The van der Waals surface area contributed by atoms with E-state index < -0.39 is 11.7 Å². The maximum atomic E-state index is 12.9. The van der Waals surface area contributed by atoms with Gasteiger partial charge in [-0.3, -0.25) is 14.5 Å². The molecule has 0 bridgehead atoms. The van der Waals surface area contributed by atoms with E-state index in [4.69, 9.17) is 0 Å². The maximum Gasteiger partial charge on any atom is 0.416 e. The molecule has 1 amide bonds. The Bertz CT molecular complexity index is 1210. The summed E-state index contributed by atoms with van der Waals surface area (Å²) in [5, 5.41) is 10.3. The number of nitrogens with one attached hydrogen (secondary N) is 2. The van der Waals surface area contributed by atoms with Gasteiger partial charge in [0.25, 0.3) is 0 Å². The Hall–Kier alpha value is -3.70. The fourth-order valence-corrected chi connectivity index (χ4v) is 3.97. The van der Waals surface area contributed by atoms with Gasteiger partial charge in [0.15, 0.2) is 5.82 Å². The van der Waals surface area contributed by atoms with Crippen molar-refractivity contribution in [2.75, 3.05) is 22.6 Å². The van der Waals surface area contributed by atoms with Gasteiger partial charge in [0, 0.05) is 31.5 Å². The number of anilines is 3. The van der Waals surface area contributed by atoms with Gasteiger partial charge < -0.3 is 15.5 Å². The van der Waals surface area contributed by atoms with E-state index in [0.717, 1.165) is 23.9 Å². The smallest absolute Gasteiger partial charge is 0.350 e. The second-order valence-corrected chi connectivity index (χ2v) is 8.55. The van der Waals surface area contributed by atoms with Crippen LogP contribution in [0.3, 0.4) is 0 Å². The number of amides is 1. The topological polar surface area (TPSA) is 101 Å². The molecule has 1 aliphatic rings. The molecule has 0 aliphatic carbocycles. The zero-order valence-electron chi connectivity index (χ0n) is 19.2. The Balaban J connectivity index is 1.45. The number of fused-ring (bicyclic) bond motifs is 1. The van der Waals surface area contributed by atoms with Crippen LogP contribution in [0.4, 0.5) is 30.6 Å². The Labute approximate surface area is 194 Å². The van der Waals surface area contributed by atoms with Gasteiger partial charge in [0.05, 0.1) is 29.7 Å². The number of carbonyl (C=O) groups is 1. The Morgan fingerprint density at radius 1 is 1.26 bits per heavy atom. The molecule has 1 atom stereocenters. The molecule has 3 aromatic rings. The minimum absolute atomic E-state index is 0.0833. The van der Waals surface area contributed by atoms with Gasteiger partial charge in [-0.05, 0) is 25.0 Å². The molecule has 4 rings (SSSR count). The summed E-state index contributed by atoms with van der Waals surface area (Å²) in [4.78, 5) is 27.4. The molecule has 1 aliphatic heterocycles. The lowest BCUT2D eigenvalue weighted by Gasteiger charge is -2.36. The second kappa shape index (κ2) is 8.92. The molecule has 0 spiro atoms. The number of hydrogen-bond acceptors (Lipinski definition) is 7. The van der Waals surface area contributed by atoms with Crippen LogP contribution < -0.4 is 15.5 Å². The molecule has 1 unspecified atom stereocenters. The lowest BCUT2D eigenvalue weighted by Crippen LogP contribution is -2.49. The third-order valence-electron chi connectivity index (χ3n) is 5.58. The van der Waals surface area contributed by atoms with Crippen LogP contribution in [-0.2, 0) is 24.1 Å². The molecule has 9 nitrogen and oxygen atoms in total. The molecule has 0 aromatic carbocycles. The summed E-state index contributed by atoms with van der Waals surface area (Å²) >= 11 is 0. The van der Waals surface area contributed by atoms with Crippen molar-refractivity contribution in [2.45, 2.75) is 46.1 Å². The highest BCUT2D eigenvalue weighted by Crippen LogP contribution is 2.34. The number of halogens is 3. The van der Waals surface area contributed by atoms with Crippen LogP contribution in [0.2, 0.25) is 0 Å². The summed E-state index contributed by atoms with van der Waals surface area (Å²) in [6, 6.07) is 1.62. The number of aryl methyl sites for hydroxylation is 1. The maximum absolute atomic E-state index is 12.9. The predicted octanol–water partition coefficient (Wildman–Crippen LogP) is 3.47. The SMILES string of the molecule is Cc1nc(NCc2cnn(Cc3cc(C(F)(F)F)ccn3)c2)nc2c1NC(=O)C(C(C)C)N2C. The number of aromatic nitrogens is 5. The molecule has 3 aromatic heterocycles. The van der Waals surface area contributed by atoms with Gasteiger partial charge in [-0.1, -0.05) is 13.8 Å². The van der Waals surface area contributed by atoms with Crippen molar-refractivity contribution in [3.8, 4) is 0 Å². The van der Waals surface area contributed by atoms with Gasteiger partial charge in [-0.15, -0.1) is 0 Å². The third-order valence-corrected chi connectivity index (χ3v) is 5.58. The van der Waals surface area contributed by atoms with Crippen LogP contribution in [-0.4, -0.2) is 43.7 Å². The summed E-state index contributed by atoms with van der Waals surface area (Å²) in [5.74, 6) is 1.05. The molecular weight excluding hydrogens is 449 g/mol. The van der Waals surface area contributed by atoms with Crippen LogP contribution in [0.5, 0.6) is 0 Å². The standard InChI is InChI=1S/C22H25F3N8O/c1-12(2)18-20(34)30-17-13(3)29-21(31-19(17)32(18)4)27-8-14-9-28-33(10-14)11-16-7-15(5-6-26-16)22(23,24)25/h5-7,9-10,12,18H,8,11H2,1-4H3,(H,30,34)(H,27,29,31). The lowest BCUT2D eigenvalue weighted by molar-refractivity contribution is -0.137. The number of likely N-dealkylation sites (N-methyl/N-ethyl adjacent to an activating group) is 1. The average Bonchev–Trinajstić information content (AvgIpc) is 3.20. The van der Waals surface area contributed by atoms with E-state index in [9.17, 15) is 18.0 Å². The first-order valence-electron chi connectivity index (χ1n) is 10.7. The molecule has 0 fully saturated rings. The van der Waals surface area contributed by atoms with Gasteiger partial charge in [-0.25, -0.2) is 4.98 Å². The largest absolute Gasteiger partial charge is 0.416 e. The highest BCUT2D eigenvalue weighted by molar-refractivity contribution is 6.03. The fourth-order valence-electron chi connectivity index (χ4n) is 3.97. The Morgan fingerprint density at radius 3 is 2.74 bits per heavy atom. The second-order valence-electron chi connectivity index (χ2n) is 8.55. The number of alkyl halides is 3. The van der Waals surface area contributed by atoms with Crippen molar-refractivity contribution < 1.29 is 18.0 Å². The minimum Gasteiger partial charge on any atom is -0.350 e. The third kappa shape index (κ3) is 4.80. The summed E-state index contributed by atoms with van der Waals surface area (Å²) in [7, 11) is 1.84. The summed E-state index contributed by atoms with van der Waals surface area (Å²) in [6.45, 7) is 6.23. The first-order chi connectivity index (χ1) is 16.0. The van der Waals surface area contributed by atoms with E-state index in [0.29, 0.717) is 29.7 Å². The number of nitrogens with zero attached hydrogens (tertiary/aromatic N) is 6. The summed E-state index contributed by atoms with van der Waals surface area (Å²) < 4.78 is 40.3. The van der Waals surface area contributed by atoms with Gasteiger partial charge >= 0.3 is 6.18 Å². The number of hydrogen-bond donors (Lipinski definition) is 2. The van der Waals surface area contributed by atoms with E-state index >= 15 is 0 Å². The van der Waals surface area contributed by atoms with E-state index in [1.165, 1.54) is 4.68 Å². The van der Waals surface area contributed by atoms with Crippen LogP contribution in [0.1, 0.15) is 36.4 Å². The molecule has 0 radical (unpaired) electrons. The zero-order chi connectivity index (χ0) is 24.6. The molecule has 4 heterocycles. The molecule has 34 heavy (non-hydrogen) atoms. The van der Waals surface area contributed by atoms with Crippen molar-refractivity contribution in [3.63, 3.8) is 0 Å². The van der Waals surface area contributed by atoms with Crippen molar-refractivity contribution >= 4 is 23.4 Å². The highest BCUT2D eigenvalue weighted by atomic mass is 19.4. The molecule has 0 saturated carbocycles. The molecule has 2 N–H and O–H groups in total. The Kier molecular flexibility index (Phi) is 6.15.